The summed E-state index contributed by atoms with van der Waals surface area (Å²) in [7, 11) is -7.80. The molecule has 10 nitrogen and oxygen atoms in total. The van der Waals surface area contributed by atoms with E-state index in [4.69, 9.17) is 9.47 Å². The minimum atomic E-state index is -4.06. The summed E-state index contributed by atoms with van der Waals surface area (Å²) in [5.41, 5.74) is 0.383. The van der Waals surface area contributed by atoms with Gasteiger partial charge in [0.1, 0.15) is 0 Å². The van der Waals surface area contributed by atoms with Crippen LogP contribution in [0.25, 0.3) is 0 Å². The Labute approximate surface area is 193 Å². The van der Waals surface area contributed by atoms with E-state index in [1.165, 1.54) is 34.6 Å². The zero-order chi connectivity index (χ0) is 23.5. The highest BCUT2D eigenvalue weighted by Gasteiger charge is 2.27. The van der Waals surface area contributed by atoms with Crippen molar-refractivity contribution >= 4 is 31.6 Å². The van der Waals surface area contributed by atoms with Gasteiger partial charge in [0.25, 0.3) is 15.9 Å². The first-order valence-electron chi connectivity index (χ1n) is 10.5. The van der Waals surface area contributed by atoms with Crippen molar-refractivity contribution in [3.05, 3.63) is 54.1 Å². The quantitative estimate of drug-likeness (QED) is 0.634. The fourth-order valence-corrected chi connectivity index (χ4v) is 6.11. The number of carbonyl (C=O) groups excluding carboxylic acids is 1. The summed E-state index contributed by atoms with van der Waals surface area (Å²) in [6.07, 6.45) is 0. The standard InChI is InChI=1S/C21H25N3O7S2/c25-21(23-9-13-30-14-10-23)19-3-1-2-4-20(19)22-32(26,27)17-5-7-18(8-6-17)33(28,29)24-11-15-31-16-12-24/h1-8,22H,9-16H2. The van der Waals surface area contributed by atoms with Gasteiger partial charge in [0.15, 0.2) is 0 Å². The number of nitrogens with one attached hydrogen (secondary N) is 1. The maximum absolute atomic E-state index is 13.0. The van der Waals surface area contributed by atoms with Crippen molar-refractivity contribution in [1.29, 1.82) is 0 Å². The summed E-state index contributed by atoms with van der Waals surface area (Å²) in [6.45, 7) is 2.85. The molecule has 0 aromatic heterocycles. The average molecular weight is 496 g/mol. The number of anilines is 1. The van der Waals surface area contributed by atoms with Crippen molar-refractivity contribution in [2.24, 2.45) is 0 Å². The highest BCUT2D eigenvalue weighted by molar-refractivity contribution is 7.92. The smallest absolute Gasteiger partial charge is 0.261 e. The molecule has 1 amide bonds. The maximum Gasteiger partial charge on any atom is 0.261 e. The van der Waals surface area contributed by atoms with E-state index in [0.29, 0.717) is 39.5 Å². The fraction of sp³-hybridized carbons (Fsp3) is 0.381. The molecule has 2 aliphatic rings. The third-order valence-corrected chi connectivity index (χ3v) is 8.74. The van der Waals surface area contributed by atoms with Gasteiger partial charge in [-0.15, -0.1) is 0 Å². The zero-order valence-corrected chi connectivity index (χ0v) is 19.5. The molecule has 0 atom stereocenters. The molecule has 0 saturated carbocycles. The predicted octanol–water partition coefficient (Wildman–Crippen LogP) is 0.981. The third kappa shape index (κ3) is 5.20. The van der Waals surface area contributed by atoms with Gasteiger partial charge in [0.2, 0.25) is 10.0 Å². The van der Waals surface area contributed by atoms with Gasteiger partial charge in [-0.25, -0.2) is 16.8 Å². The van der Waals surface area contributed by atoms with Gasteiger partial charge in [-0.05, 0) is 36.4 Å². The number of hydrogen-bond donors (Lipinski definition) is 1. The van der Waals surface area contributed by atoms with E-state index in [1.807, 2.05) is 0 Å². The highest BCUT2D eigenvalue weighted by Crippen LogP contribution is 2.24. The molecule has 2 saturated heterocycles. The van der Waals surface area contributed by atoms with Crippen molar-refractivity contribution in [1.82, 2.24) is 9.21 Å². The lowest BCUT2D eigenvalue weighted by molar-refractivity contribution is 0.0303. The van der Waals surface area contributed by atoms with Gasteiger partial charge in [0.05, 0.1) is 47.5 Å². The number of rotatable bonds is 6. The van der Waals surface area contributed by atoms with Crippen LogP contribution in [0.5, 0.6) is 0 Å². The SMILES string of the molecule is O=C(c1ccccc1NS(=O)(=O)c1ccc(S(=O)(=O)N2CCOCC2)cc1)N1CCOCC1. The molecule has 178 valence electrons. The molecule has 2 aliphatic heterocycles. The number of hydrogen-bond acceptors (Lipinski definition) is 7. The van der Waals surface area contributed by atoms with Crippen LogP contribution in [0.1, 0.15) is 10.4 Å². The number of ether oxygens (including phenoxy) is 2. The fourth-order valence-electron chi connectivity index (χ4n) is 3.63. The Balaban J connectivity index is 1.54. The molecule has 2 aromatic rings. The van der Waals surface area contributed by atoms with Gasteiger partial charge in [0, 0.05) is 26.2 Å². The Hall–Kier alpha value is -2.51. The molecule has 2 aromatic carbocycles. The zero-order valence-electron chi connectivity index (χ0n) is 17.8. The van der Waals surface area contributed by atoms with Crippen LogP contribution < -0.4 is 4.72 Å². The molecule has 12 heteroatoms. The largest absolute Gasteiger partial charge is 0.379 e. The Morgan fingerprint density at radius 3 is 1.94 bits per heavy atom. The second kappa shape index (κ2) is 9.77. The van der Waals surface area contributed by atoms with Crippen LogP contribution in [0.15, 0.2) is 58.3 Å². The van der Waals surface area contributed by atoms with Gasteiger partial charge in [-0.1, -0.05) is 12.1 Å². The van der Waals surface area contributed by atoms with Gasteiger partial charge >= 0.3 is 0 Å². The van der Waals surface area contributed by atoms with E-state index < -0.39 is 20.0 Å². The lowest BCUT2D eigenvalue weighted by atomic mass is 10.1. The number of sulfonamides is 2. The minimum Gasteiger partial charge on any atom is -0.379 e. The molecule has 2 fully saturated rings. The molecule has 4 rings (SSSR count). The summed E-state index contributed by atoms with van der Waals surface area (Å²) in [6, 6.07) is 11.4. The number of carbonyl (C=O) groups is 1. The molecular weight excluding hydrogens is 470 g/mol. The summed E-state index contributed by atoms with van der Waals surface area (Å²) in [5.74, 6) is -0.288. The summed E-state index contributed by atoms with van der Waals surface area (Å²) in [4.78, 5) is 14.4. The van der Waals surface area contributed by atoms with Gasteiger partial charge in [-0.2, -0.15) is 4.31 Å². The van der Waals surface area contributed by atoms with E-state index in [0.717, 1.165) is 0 Å². The highest BCUT2D eigenvalue weighted by atomic mass is 32.2. The number of nitrogens with zero attached hydrogens (tertiary/aromatic N) is 2. The molecule has 33 heavy (non-hydrogen) atoms. The summed E-state index contributed by atoms with van der Waals surface area (Å²) < 4.78 is 65.7. The monoisotopic (exact) mass is 495 g/mol. The summed E-state index contributed by atoms with van der Waals surface area (Å²) >= 11 is 0. The lowest BCUT2D eigenvalue weighted by Gasteiger charge is -2.27. The lowest BCUT2D eigenvalue weighted by Crippen LogP contribution is -2.41. The number of morpholine rings is 2. The van der Waals surface area contributed by atoms with Crippen molar-refractivity contribution in [3.8, 4) is 0 Å². The van der Waals surface area contributed by atoms with Crippen LogP contribution >= 0.6 is 0 Å². The molecule has 1 N–H and O–H groups in total. The maximum atomic E-state index is 13.0. The molecule has 2 heterocycles. The molecular formula is C21H25N3O7S2. The van der Waals surface area contributed by atoms with Gasteiger partial charge in [-0.3, -0.25) is 9.52 Å². The van der Waals surface area contributed by atoms with Crippen LogP contribution in [0, 0.1) is 0 Å². The third-order valence-electron chi connectivity index (χ3n) is 5.44. The van der Waals surface area contributed by atoms with Crippen LogP contribution in [-0.4, -0.2) is 84.6 Å². The Bertz CT molecular complexity index is 1200. The predicted molar refractivity (Wildman–Crippen MR) is 120 cm³/mol. The van der Waals surface area contributed by atoms with Crippen molar-refractivity contribution in [2.45, 2.75) is 9.79 Å². The topological polar surface area (TPSA) is 122 Å². The Kier molecular flexibility index (Phi) is 7.00. The molecule has 0 unspecified atom stereocenters. The number of para-hydroxylation sites is 1. The number of amides is 1. The van der Waals surface area contributed by atoms with E-state index >= 15 is 0 Å². The summed E-state index contributed by atoms with van der Waals surface area (Å²) in [5, 5.41) is 0. The van der Waals surface area contributed by atoms with Crippen LogP contribution in [0.4, 0.5) is 5.69 Å². The normalized spacial score (nSPS) is 18.1. The Morgan fingerprint density at radius 1 is 0.758 bits per heavy atom. The van der Waals surface area contributed by atoms with Crippen molar-refractivity contribution in [3.63, 3.8) is 0 Å². The van der Waals surface area contributed by atoms with Gasteiger partial charge < -0.3 is 14.4 Å². The van der Waals surface area contributed by atoms with Crippen LogP contribution in [0.2, 0.25) is 0 Å². The molecule has 0 aliphatic carbocycles. The first-order valence-corrected chi connectivity index (χ1v) is 13.4. The van der Waals surface area contributed by atoms with Crippen LogP contribution in [0.3, 0.4) is 0 Å². The second-order valence-electron chi connectivity index (χ2n) is 7.54. The van der Waals surface area contributed by atoms with E-state index in [9.17, 15) is 21.6 Å². The average Bonchev–Trinajstić information content (AvgIpc) is 2.85. The second-order valence-corrected chi connectivity index (χ2v) is 11.2. The van der Waals surface area contributed by atoms with Crippen LogP contribution in [-0.2, 0) is 29.5 Å². The van der Waals surface area contributed by atoms with E-state index in [2.05, 4.69) is 4.72 Å². The van der Waals surface area contributed by atoms with E-state index in [1.54, 1.807) is 23.1 Å². The van der Waals surface area contributed by atoms with Crippen molar-refractivity contribution in [2.75, 3.05) is 57.3 Å². The molecule has 0 radical (unpaired) electrons. The first-order chi connectivity index (χ1) is 15.8. The molecule has 0 bridgehead atoms. The first kappa shape index (κ1) is 23.6. The minimum absolute atomic E-state index is 0.00578. The van der Waals surface area contributed by atoms with Crippen molar-refractivity contribution < 1.29 is 31.1 Å². The molecule has 0 spiro atoms. The Morgan fingerprint density at radius 2 is 1.30 bits per heavy atom. The van der Waals surface area contributed by atoms with E-state index in [-0.39, 0.29) is 40.0 Å². The number of benzene rings is 2.